The zero-order chi connectivity index (χ0) is 12.4. The molecule has 2 saturated heterocycles. The first-order chi connectivity index (χ1) is 7.02. The van der Waals surface area contributed by atoms with E-state index in [-0.39, 0.29) is 25.9 Å². The van der Waals surface area contributed by atoms with E-state index in [1.54, 1.807) is 0 Å². The number of Topliss-reactive ketones (excluding diaryl/α,β-unsaturated/α-hetero) is 1. The van der Waals surface area contributed by atoms with Gasteiger partial charge in [0.15, 0.2) is 0 Å². The minimum Gasteiger partial charge on any atom is -0.322 e. The van der Waals surface area contributed by atoms with Crippen LogP contribution in [0.2, 0.25) is 0 Å². The molecule has 2 heterocycles. The first kappa shape index (κ1) is 2.59. The number of piperidine rings is 1. The van der Waals surface area contributed by atoms with Crippen molar-refractivity contribution in [2.45, 2.75) is 19.2 Å². The molecule has 10 heavy (non-hydrogen) atoms. The molecule has 0 aliphatic carbocycles. The normalized spacial score (nSPS) is 54.2. The van der Waals surface area contributed by atoms with Gasteiger partial charge >= 0.3 is 0 Å². The number of ketones is 1. The van der Waals surface area contributed by atoms with Crippen molar-refractivity contribution in [3.05, 3.63) is 0 Å². The Kier molecular flexibility index (Phi) is 0.533. The number of quaternary nitrogens is 1. The molecule has 0 atom stereocenters. The summed E-state index contributed by atoms with van der Waals surface area (Å²) in [4.78, 5) is 11.3. The van der Waals surface area contributed by atoms with Crippen molar-refractivity contribution >= 4 is 5.78 Å². The maximum absolute atomic E-state index is 11.3. The summed E-state index contributed by atoms with van der Waals surface area (Å²) >= 11 is 0. The maximum Gasteiger partial charge on any atom is 0.144 e. The van der Waals surface area contributed by atoms with E-state index >= 15 is 0 Å². The monoisotopic (exact) mass is 146 g/mol. The quantitative estimate of drug-likeness (QED) is 0.457. The van der Waals surface area contributed by atoms with E-state index in [0.29, 0.717) is 0 Å². The molecule has 0 unspecified atom stereocenters. The first-order valence-electron chi connectivity index (χ1n) is 6.41. The van der Waals surface area contributed by atoms with Crippen molar-refractivity contribution in [2.24, 2.45) is 0 Å². The van der Waals surface area contributed by atoms with Gasteiger partial charge < -0.3 is 4.48 Å². The van der Waals surface area contributed by atoms with Crippen LogP contribution < -0.4 is 0 Å². The van der Waals surface area contributed by atoms with Gasteiger partial charge in [-0.05, 0) is 0 Å². The second-order valence-corrected chi connectivity index (χ2v) is 2.74. The van der Waals surface area contributed by atoms with E-state index in [4.69, 9.17) is 8.22 Å². The van der Waals surface area contributed by atoms with Crippen LogP contribution in [0.15, 0.2) is 0 Å². The maximum atomic E-state index is 11.3. The lowest BCUT2D eigenvalue weighted by molar-refractivity contribution is -0.964. The van der Waals surface area contributed by atoms with Crippen LogP contribution in [0.1, 0.15) is 27.4 Å². The second-order valence-electron chi connectivity index (χ2n) is 2.74. The van der Waals surface area contributed by atoms with E-state index in [0.717, 1.165) is 0 Å². The second kappa shape index (κ2) is 2.06. The summed E-state index contributed by atoms with van der Waals surface area (Å²) in [6.07, 6.45) is -2.16. The molecule has 0 N–H and O–H groups in total. The lowest BCUT2D eigenvalue weighted by Gasteiger charge is -2.47. The van der Waals surface area contributed by atoms with Gasteiger partial charge in [-0.25, -0.2) is 0 Å². The molecule has 0 aromatic carbocycles. The standard InChI is InChI=1S/C8H14NO/c10-8-2-6-9(7-3-8)4-1-5-9/h1-7H2/q+1/i1D2,6D2,7D2. The molecule has 2 nitrogen and oxygen atoms in total. The Balaban J connectivity index is 2.38. The van der Waals surface area contributed by atoms with Crippen LogP contribution in [0.4, 0.5) is 0 Å². The van der Waals surface area contributed by atoms with Gasteiger partial charge in [-0.2, -0.15) is 0 Å². The molecular weight excluding hydrogens is 126 g/mol. The minimum atomic E-state index is -2.00. The number of nitrogens with zero attached hydrogens (tertiary/aromatic N) is 1. The summed E-state index contributed by atoms with van der Waals surface area (Å²) in [7, 11) is 0. The van der Waals surface area contributed by atoms with Crippen molar-refractivity contribution in [1.82, 2.24) is 0 Å². The summed E-state index contributed by atoms with van der Waals surface area (Å²) in [6, 6.07) is 0. The van der Waals surface area contributed by atoms with Crippen molar-refractivity contribution in [2.75, 3.05) is 26.1 Å². The Bertz CT molecular complexity index is 322. The van der Waals surface area contributed by atoms with Gasteiger partial charge in [-0.3, -0.25) is 4.79 Å². The molecule has 2 aliphatic heterocycles. The van der Waals surface area contributed by atoms with Gasteiger partial charge in [0.1, 0.15) is 5.78 Å². The van der Waals surface area contributed by atoms with Crippen LogP contribution in [0.25, 0.3) is 0 Å². The average Bonchev–Trinajstić information content (AvgIpc) is 1.93. The highest BCUT2D eigenvalue weighted by Gasteiger charge is 2.38. The molecule has 0 aromatic rings. The van der Waals surface area contributed by atoms with Gasteiger partial charge in [-0.15, -0.1) is 0 Å². The molecule has 0 radical (unpaired) electrons. The van der Waals surface area contributed by atoms with E-state index in [1.807, 2.05) is 0 Å². The van der Waals surface area contributed by atoms with E-state index in [1.165, 1.54) is 0 Å². The molecule has 56 valence electrons. The molecule has 2 fully saturated rings. The molecule has 0 aromatic heterocycles. The zero-order valence-corrected chi connectivity index (χ0v) is 5.68. The van der Waals surface area contributed by atoms with Crippen LogP contribution >= 0.6 is 0 Å². The highest BCUT2D eigenvalue weighted by atomic mass is 16.1. The fraction of sp³-hybridized carbons (Fsp3) is 0.875. The summed E-state index contributed by atoms with van der Waals surface area (Å²) in [5, 5.41) is 0. The van der Waals surface area contributed by atoms with Crippen molar-refractivity contribution < 1.29 is 17.5 Å². The molecule has 2 heteroatoms. The van der Waals surface area contributed by atoms with Gasteiger partial charge in [-0.1, -0.05) is 0 Å². The molecule has 0 saturated carbocycles. The summed E-state index contributed by atoms with van der Waals surface area (Å²) in [6.45, 7) is -4.38. The van der Waals surface area contributed by atoms with E-state index in [2.05, 4.69) is 0 Å². The van der Waals surface area contributed by atoms with Crippen molar-refractivity contribution in [3.8, 4) is 0 Å². The Hall–Kier alpha value is -0.370. The average molecular weight is 146 g/mol. The third kappa shape index (κ3) is 0.870. The third-order valence-corrected chi connectivity index (χ3v) is 1.92. The lowest BCUT2D eigenvalue weighted by atomic mass is 10.0. The first-order valence-corrected chi connectivity index (χ1v) is 3.41. The van der Waals surface area contributed by atoms with Crippen molar-refractivity contribution in [3.63, 3.8) is 0 Å². The Morgan fingerprint density at radius 1 is 1.30 bits per heavy atom. The number of hydrogen-bond acceptors (Lipinski definition) is 1. The summed E-state index contributed by atoms with van der Waals surface area (Å²) in [5.74, 6) is -0.425. The summed E-state index contributed by atoms with van der Waals surface area (Å²) < 4.78 is 45.6. The topological polar surface area (TPSA) is 17.1 Å². The van der Waals surface area contributed by atoms with E-state index < -0.39 is 29.6 Å². The van der Waals surface area contributed by atoms with Gasteiger partial charge in [0.05, 0.1) is 44.4 Å². The molecule has 0 bridgehead atoms. The van der Waals surface area contributed by atoms with Crippen LogP contribution in [-0.4, -0.2) is 36.3 Å². The molecule has 2 rings (SSSR count). The van der Waals surface area contributed by atoms with Crippen LogP contribution in [0.5, 0.6) is 0 Å². The van der Waals surface area contributed by atoms with Crippen LogP contribution in [0.3, 0.4) is 0 Å². The minimum absolute atomic E-state index is 0.194. The predicted molar refractivity (Wildman–Crippen MR) is 38.6 cm³/mol. The van der Waals surface area contributed by atoms with Gasteiger partial charge in [0, 0.05) is 9.11 Å². The Morgan fingerprint density at radius 3 is 2.40 bits per heavy atom. The predicted octanol–water partition coefficient (Wildman–Crippen LogP) is 0.570. The number of carbonyl (C=O) groups is 1. The Morgan fingerprint density at radius 2 is 1.90 bits per heavy atom. The Labute approximate surface area is 69.8 Å². The third-order valence-electron chi connectivity index (χ3n) is 1.92. The summed E-state index contributed by atoms with van der Waals surface area (Å²) in [5.41, 5.74) is 0. The van der Waals surface area contributed by atoms with E-state index in [9.17, 15) is 4.79 Å². The molecular formula is C8H14NO+. The number of rotatable bonds is 0. The van der Waals surface area contributed by atoms with Crippen molar-refractivity contribution in [1.29, 1.82) is 0 Å². The van der Waals surface area contributed by atoms with Crippen LogP contribution in [0, 0.1) is 0 Å². The molecule has 0 amide bonds. The SMILES string of the molecule is [2H]C1([2H])C[N+]2(C1)C([2H])([2H])CC(=O)CC2([2H])[2H]. The number of carbonyl (C=O) groups excluding carboxylic acids is 1. The van der Waals surface area contributed by atoms with Gasteiger partial charge in [0.2, 0.25) is 0 Å². The van der Waals surface area contributed by atoms with Crippen LogP contribution in [-0.2, 0) is 4.79 Å². The zero-order valence-electron chi connectivity index (χ0n) is 11.7. The number of hydrogen-bond donors (Lipinski definition) is 0. The highest BCUT2D eigenvalue weighted by Crippen LogP contribution is 2.24. The smallest absolute Gasteiger partial charge is 0.144 e. The molecule has 1 spiro atoms. The highest BCUT2D eigenvalue weighted by molar-refractivity contribution is 5.79. The lowest BCUT2D eigenvalue weighted by Crippen LogP contribution is -2.61. The van der Waals surface area contributed by atoms with Gasteiger partial charge in [0.25, 0.3) is 0 Å². The fourth-order valence-electron chi connectivity index (χ4n) is 1.16. The molecule has 2 aliphatic rings. The largest absolute Gasteiger partial charge is 0.322 e. The fourth-order valence-corrected chi connectivity index (χ4v) is 1.16.